The van der Waals surface area contributed by atoms with E-state index in [-0.39, 0.29) is 24.0 Å². The lowest BCUT2D eigenvalue weighted by molar-refractivity contribution is 0.0665. The number of carbonyl (C=O) groups is 3. The van der Waals surface area contributed by atoms with E-state index < -0.39 is 5.91 Å². The van der Waals surface area contributed by atoms with Crippen LogP contribution in [0.2, 0.25) is 0 Å². The first-order valence-electron chi connectivity index (χ1n) is 11.1. The highest BCUT2D eigenvalue weighted by Crippen LogP contribution is 2.26. The number of nitrogens with one attached hydrogen (secondary N) is 2. The van der Waals surface area contributed by atoms with Crippen LogP contribution < -0.4 is 15.5 Å². The van der Waals surface area contributed by atoms with E-state index in [1.807, 2.05) is 30.3 Å². The van der Waals surface area contributed by atoms with Gasteiger partial charge in [-0.15, -0.1) is 0 Å². The van der Waals surface area contributed by atoms with Gasteiger partial charge in [0, 0.05) is 35.7 Å². The molecule has 0 bridgehead atoms. The summed E-state index contributed by atoms with van der Waals surface area (Å²) in [5, 5.41) is 5.93. The van der Waals surface area contributed by atoms with E-state index in [2.05, 4.69) is 15.5 Å². The van der Waals surface area contributed by atoms with Crippen molar-refractivity contribution in [1.82, 2.24) is 4.90 Å². The molecule has 2 aliphatic rings. The SMILES string of the molecule is O=C(Nc1ccc2c(c1)C(=O)N(CNc1ccc(N3CCOCC3)cc1)C2=O)c1ccccc1. The maximum atomic E-state index is 12.9. The summed E-state index contributed by atoms with van der Waals surface area (Å²) in [7, 11) is 0. The summed E-state index contributed by atoms with van der Waals surface area (Å²) < 4.78 is 5.39. The number of hydrogen-bond donors (Lipinski definition) is 2. The van der Waals surface area contributed by atoms with Crippen molar-refractivity contribution in [3.63, 3.8) is 0 Å². The number of carbonyl (C=O) groups excluding carboxylic acids is 3. The Labute approximate surface area is 197 Å². The fraction of sp³-hybridized carbons (Fsp3) is 0.192. The molecule has 0 saturated carbocycles. The van der Waals surface area contributed by atoms with E-state index in [0.717, 1.165) is 37.7 Å². The molecule has 0 aromatic heterocycles. The van der Waals surface area contributed by atoms with E-state index in [9.17, 15) is 14.4 Å². The van der Waals surface area contributed by atoms with Gasteiger partial charge in [-0.05, 0) is 54.6 Å². The Hall–Kier alpha value is -4.17. The van der Waals surface area contributed by atoms with Crippen LogP contribution in [0.3, 0.4) is 0 Å². The van der Waals surface area contributed by atoms with Crippen molar-refractivity contribution >= 4 is 34.8 Å². The Morgan fingerprint density at radius 2 is 1.50 bits per heavy atom. The number of benzene rings is 3. The molecule has 0 aliphatic carbocycles. The molecule has 1 fully saturated rings. The predicted molar refractivity (Wildman–Crippen MR) is 129 cm³/mol. The molecule has 2 heterocycles. The fourth-order valence-electron chi connectivity index (χ4n) is 4.09. The van der Waals surface area contributed by atoms with Gasteiger partial charge in [-0.1, -0.05) is 18.2 Å². The molecule has 172 valence electrons. The summed E-state index contributed by atoms with van der Waals surface area (Å²) in [5.41, 5.74) is 3.50. The van der Waals surface area contributed by atoms with E-state index in [1.165, 1.54) is 4.90 Å². The van der Waals surface area contributed by atoms with E-state index >= 15 is 0 Å². The average Bonchev–Trinajstić information content (AvgIpc) is 3.13. The number of ether oxygens (including phenoxy) is 1. The number of rotatable bonds is 6. The molecule has 3 aromatic rings. The second-order valence-electron chi connectivity index (χ2n) is 8.10. The third-order valence-electron chi connectivity index (χ3n) is 5.95. The van der Waals surface area contributed by atoms with Crippen LogP contribution in [0.1, 0.15) is 31.1 Å². The Balaban J connectivity index is 1.23. The van der Waals surface area contributed by atoms with Gasteiger partial charge < -0.3 is 20.3 Å². The smallest absolute Gasteiger partial charge is 0.263 e. The summed E-state index contributed by atoms with van der Waals surface area (Å²) in [5.74, 6) is -1.04. The van der Waals surface area contributed by atoms with Crippen LogP contribution >= 0.6 is 0 Å². The van der Waals surface area contributed by atoms with Gasteiger partial charge in [-0.3, -0.25) is 19.3 Å². The molecule has 0 radical (unpaired) electrons. The summed E-state index contributed by atoms with van der Waals surface area (Å²) in [6, 6.07) is 21.4. The summed E-state index contributed by atoms with van der Waals surface area (Å²) in [6.07, 6.45) is 0. The van der Waals surface area contributed by atoms with Gasteiger partial charge in [0.15, 0.2) is 0 Å². The molecule has 3 amide bonds. The standard InChI is InChI=1S/C26H24N4O4/c31-24(18-4-2-1-3-5-18)28-20-8-11-22-23(16-20)26(33)30(25(22)32)17-27-19-6-9-21(10-7-19)29-12-14-34-15-13-29/h1-11,16,27H,12-15,17H2,(H,28,31). The van der Waals surface area contributed by atoms with Crippen molar-refractivity contribution < 1.29 is 19.1 Å². The zero-order valence-electron chi connectivity index (χ0n) is 18.5. The number of nitrogens with zero attached hydrogens (tertiary/aromatic N) is 2. The van der Waals surface area contributed by atoms with Crippen LogP contribution in [0.5, 0.6) is 0 Å². The summed E-state index contributed by atoms with van der Waals surface area (Å²) in [6.45, 7) is 3.20. The van der Waals surface area contributed by atoms with Crippen molar-refractivity contribution in [1.29, 1.82) is 0 Å². The van der Waals surface area contributed by atoms with Gasteiger partial charge in [-0.25, -0.2) is 0 Å². The van der Waals surface area contributed by atoms with Crippen molar-refractivity contribution in [2.45, 2.75) is 0 Å². The maximum absolute atomic E-state index is 12.9. The van der Waals surface area contributed by atoms with Gasteiger partial charge in [0.2, 0.25) is 0 Å². The lowest BCUT2D eigenvalue weighted by Gasteiger charge is -2.29. The molecule has 3 aromatic carbocycles. The van der Waals surface area contributed by atoms with Gasteiger partial charge in [-0.2, -0.15) is 0 Å². The lowest BCUT2D eigenvalue weighted by atomic mass is 10.1. The van der Waals surface area contributed by atoms with Crippen LogP contribution in [-0.4, -0.2) is 55.6 Å². The number of anilines is 3. The fourth-order valence-corrected chi connectivity index (χ4v) is 4.09. The molecule has 2 aliphatic heterocycles. The highest BCUT2D eigenvalue weighted by atomic mass is 16.5. The highest BCUT2D eigenvalue weighted by Gasteiger charge is 2.35. The first-order valence-corrected chi connectivity index (χ1v) is 11.1. The number of morpholine rings is 1. The second-order valence-corrected chi connectivity index (χ2v) is 8.10. The zero-order chi connectivity index (χ0) is 23.5. The molecular formula is C26H24N4O4. The average molecular weight is 457 g/mol. The van der Waals surface area contributed by atoms with Crippen LogP contribution in [0.4, 0.5) is 17.1 Å². The molecule has 8 nitrogen and oxygen atoms in total. The number of hydrogen-bond acceptors (Lipinski definition) is 6. The van der Waals surface area contributed by atoms with Gasteiger partial charge >= 0.3 is 0 Å². The van der Waals surface area contributed by atoms with Gasteiger partial charge in [0.25, 0.3) is 17.7 Å². The monoisotopic (exact) mass is 456 g/mol. The van der Waals surface area contributed by atoms with E-state index in [0.29, 0.717) is 16.8 Å². The van der Waals surface area contributed by atoms with Crippen molar-refractivity contribution in [3.05, 3.63) is 89.5 Å². The molecule has 0 unspecified atom stereocenters. The first kappa shape index (κ1) is 21.7. The molecule has 0 atom stereocenters. The molecule has 34 heavy (non-hydrogen) atoms. The quantitative estimate of drug-likeness (QED) is 0.553. The topological polar surface area (TPSA) is 91.0 Å². The maximum Gasteiger partial charge on any atom is 0.263 e. The highest BCUT2D eigenvalue weighted by molar-refractivity contribution is 6.22. The first-order chi connectivity index (χ1) is 16.6. The molecular weight excluding hydrogens is 432 g/mol. The predicted octanol–water partition coefficient (Wildman–Crippen LogP) is 3.44. The minimum Gasteiger partial charge on any atom is -0.378 e. The molecule has 8 heteroatoms. The van der Waals surface area contributed by atoms with Crippen LogP contribution in [-0.2, 0) is 4.74 Å². The third kappa shape index (κ3) is 4.35. The Bertz CT molecular complexity index is 1220. The molecule has 0 spiro atoms. The Morgan fingerprint density at radius 1 is 0.824 bits per heavy atom. The Morgan fingerprint density at radius 3 is 2.24 bits per heavy atom. The number of amides is 3. The molecule has 1 saturated heterocycles. The van der Waals surface area contributed by atoms with E-state index in [1.54, 1.807) is 42.5 Å². The lowest BCUT2D eigenvalue weighted by Crippen LogP contribution is -2.36. The van der Waals surface area contributed by atoms with Crippen LogP contribution in [0, 0.1) is 0 Å². The third-order valence-corrected chi connectivity index (χ3v) is 5.95. The van der Waals surface area contributed by atoms with Crippen LogP contribution in [0.15, 0.2) is 72.8 Å². The zero-order valence-corrected chi connectivity index (χ0v) is 18.5. The van der Waals surface area contributed by atoms with Gasteiger partial charge in [0.05, 0.1) is 31.0 Å². The normalized spacial score (nSPS) is 15.3. The van der Waals surface area contributed by atoms with Gasteiger partial charge in [0.1, 0.15) is 0 Å². The van der Waals surface area contributed by atoms with Crippen LogP contribution in [0.25, 0.3) is 0 Å². The second kappa shape index (κ2) is 9.36. The van der Waals surface area contributed by atoms with E-state index in [4.69, 9.17) is 4.74 Å². The Kier molecular flexibility index (Phi) is 5.97. The van der Waals surface area contributed by atoms with Crippen molar-refractivity contribution in [2.75, 3.05) is 48.5 Å². The van der Waals surface area contributed by atoms with Crippen molar-refractivity contribution in [3.8, 4) is 0 Å². The molecule has 2 N–H and O–H groups in total. The summed E-state index contributed by atoms with van der Waals surface area (Å²) >= 11 is 0. The minimum atomic E-state index is -0.395. The minimum absolute atomic E-state index is 0.0506. The molecule has 5 rings (SSSR count). The number of fused-ring (bicyclic) bond motifs is 1. The summed E-state index contributed by atoms with van der Waals surface area (Å²) in [4.78, 5) is 41.6. The largest absolute Gasteiger partial charge is 0.378 e. The van der Waals surface area contributed by atoms with Crippen molar-refractivity contribution in [2.24, 2.45) is 0 Å². The number of imide groups is 1.